The van der Waals surface area contributed by atoms with E-state index < -0.39 is 24.0 Å². The molecule has 0 aromatic carbocycles. The average molecular weight is 312 g/mol. The molecule has 1 unspecified atom stereocenters. The quantitative estimate of drug-likeness (QED) is 0.625. The molecule has 0 aliphatic rings. The number of allylic oxidation sites excluding steroid dienone is 1. The fourth-order valence-electron chi connectivity index (χ4n) is 1.60. The maximum absolute atomic E-state index is 11.2. The predicted octanol–water partition coefficient (Wildman–Crippen LogP) is 2.04. The molecule has 0 aliphatic carbocycles. The molecule has 0 aliphatic heterocycles. The van der Waals surface area contributed by atoms with Gasteiger partial charge in [0.05, 0.1) is 0 Å². The van der Waals surface area contributed by atoms with Gasteiger partial charge in [-0.25, -0.2) is 4.79 Å². The number of amides is 1. The molecule has 0 saturated heterocycles. The van der Waals surface area contributed by atoms with Crippen LogP contribution >= 0.6 is 0 Å². The van der Waals surface area contributed by atoms with Gasteiger partial charge in [0.2, 0.25) is 5.91 Å². The first-order valence-electron chi connectivity index (χ1n) is 7.15. The Morgan fingerprint density at radius 1 is 1.45 bits per heavy atom. The third-order valence-corrected chi connectivity index (χ3v) is 2.48. The molecule has 22 heavy (non-hydrogen) atoms. The Morgan fingerprint density at radius 3 is 2.27 bits per heavy atom. The van der Waals surface area contributed by atoms with Gasteiger partial charge in [-0.15, -0.1) is 6.58 Å². The summed E-state index contributed by atoms with van der Waals surface area (Å²) in [5.41, 5.74) is 0.279. The lowest BCUT2D eigenvalue weighted by molar-refractivity contribution is -0.147. The summed E-state index contributed by atoms with van der Waals surface area (Å²) in [7, 11) is 0. The number of aromatic amines is 1. The lowest BCUT2D eigenvalue weighted by atomic mass is 9.94. The van der Waals surface area contributed by atoms with Crippen molar-refractivity contribution in [3.05, 3.63) is 36.2 Å². The van der Waals surface area contributed by atoms with E-state index in [9.17, 15) is 9.59 Å². The van der Waals surface area contributed by atoms with Gasteiger partial charge in [0.15, 0.2) is 0 Å². The fraction of sp³-hybridized carbons (Fsp3) is 0.500. The van der Waals surface area contributed by atoms with Crippen LogP contribution in [-0.4, -0.2) is 39.2 Å². The van der Waals surface area contributed by atoms with Crippen LogP contribution in [0, 0.1) is 6.92 Å². The van der Waals surface area contributed by atoms with Gasteiger partial charge in [0.1, 0.15) is 12.1 Å². The van der Waals surface area contributed by atoms with Gasteiger partial charge < -0.3 is 20.5 Å². The molecule has 1 aromatic rings. The first kappa shape index (κ1) is 22.2. The maximum Gasteiger partial charge on any atom is 0.329 e. The highest BCUT2D eigenvalue weighted by molar-refractivity contribution is 5.87. The van der Waals surface area contributed by atoms with Crippen LogP contribution in [0.25, 0.3) is 0 Å². The summed E-state index contributed by atoms with van der Waals surface area (Å²) in [4.78, 5) is 25.2. The monoisotopic (exact) mass is 312 g/mol. The molecule has 4 N–H and O–H groups in total. The molecule has 1 aromatic heterocycles. The third kappa shape index (κ3) is 8.26. The summed E-state index contributed by atoms with van der Waals surface area (Å²) in [5, 5.41) is 20.1. The van der Waals surface area contributed by atoms with Crippen LogP contribution in [0.15, 0.2) is 24.9 Å². The lowest BCUT2D eigenvalue weighted by Gasteiger charge is -2.25. The summed E-state index contributed by atoms with van der Waals surface area (Å²) in [6.07, 6.45) is 3.60. The van der Waals surface area contributed by atoms with Crippen LogP contribution in [0.3, 0.4) is 0 Å². The van der Waals surface area contributed by atoms with Crippen molar-refractivity contribution < 1.29 is 19.8 Å². The first-order chi connectivity index (χ1) is 10.3. The van der Waals surface area contributed by atoms with E-state index in [0.29, 0.717) is 0 Å². The molecule has 1 heterocycles. The van der Waals surface area contributed by atoms with Crippen molar-refractivity contribution in [2.45, 2.75) is 46.6 Å². The van der Waals surface area contributed by atoms with Gasteiger partial charge in [0, 0.05) is 18.3 Å². The number of aromatic nitrogens is 1. The minimum Gasteiger partial charge on any atom is -0.480 e. The number of aliphatic hydroxyl groups is 1. The number of hydrogen-bond acceptors (Lipinski definition) is 3. The zero-order valence-electron chi connectivity index (χ0n) is 14.1. The molecule has 6 heteroatoms. The van der Waals surface area contributed by atoms with Crippen molar-refractivity contribution in [2.75, 3.05) is 6.61 Å². The zero-order valence-corrected chi connectivity index (χ0v) is 14.1. The molecule has 0 radical (unpaired) electrons. The van der Waals surface area contributed by atoms with E-state index in [2.05, 4.69) is 16.9 Å². The summed E-state index contributed by atoms with van der Waals surface area (Å²) in [6.45, 7) is 11.8. The molecule has 126 valence electrons. The minimum atomic E-state index is -1.42. The molecule has 6 nitrogen and oxygen atoms in total. The second-order valence-electron chi connectivity index (χ2n) is 4.62. The van der Waals surface area contributed by atoms with Crippen LogP contribution < -0.4 is 5.32 Å². The normalized spacial score (nSPS) is 11.7. The number of aryl methyl sites for hydroxylation is 1. The summed E-state index contributed by atoms with van der Waals surface area (Å²) in [6, 6.07) is 1.81. The molecular weight excluding hydrogens is 284 g/mol. The topological polar surface area (TPSA) is 102 Å². The van der Waals surface area contributed by atoms with Crippen molar-refractivity contribution in [2.24, 2.45) is 0 Å². The number of hydrogen-bond donors (Lipinski definition) is 4. The molecule has 1 amide bonds. The third-order valence-electron chi connectivity index (χ3n) is 2.48. The molecule has 0 saturated carbocycles. The Bertz CT molecular complexity index is 468. The number of carboxylic acid groups (broad SMARTS) is 1. The van der Waals surface area contributed by atoms with Crippen LogP contribution in [0.2, 0.25) is 0 Å². The van der Waals surface area contributed by atoms with Crippen molar-refractivity contribution in [1.29, 1.82) is 0 Å². The van der Waals surface area contributed by atoms with Crippen LogP contribution in [-0.2, 0) is 16.0 Å². The van der Waals surface area contributed by atoms with E-state index in [0.717, 1.165) is 11.3 Å². The molecular formula is C16H28N2O4. The number of aliphatic hydroxyl groups excluding tert-OH is 1. The Kier molecular flexibility index (Phi) is 11.7. The van der Waals surface area contributed by atoms with Crippen molar-refractivity contribution in [1.82, 2.24) is 10.3 Å². The molecule has 0 bridgehead atoms. The standard InChI is InChI=1S/C11H16N2O4.C3H6.C2H6/c1-7-3-8(5-12-7)4-11(2,10(16)17)13-9(15)6-14;1-3-2;1-2/h3,5,12,14H,4,6H2,1-2H3,(H,13,15)(H,16,17);3H,1H2,2H3;1-2H3. The van der Waals surface area contributed by atoms with Gasteiger partial charge >= 0.3 is 5.97 Å². The van der Waals surface area contributed by atoms with Crippen LogP contribution in [0.4, 0.5) is 0 Å². The molecule has 1 atom stereocenters. The Labute approximate surface area is 132 Å². The number of carbonyl (C=O) groups excluding carboxylic acids is 1. The van der Waals surface area contributed by atoms with E-state index in [1.807, 2.05) is 33.8 Å². The number of nitrogens with one attached hydrogen (secondary N) is 2. The van der Waals surface area contributed by atoms with Gasteiger partial charge in [-0.1, -0.05) is 19.9 Å². The lowest BCUT2D eigenvalue weighted by Crippen LogP contribution is -2.54. The van der Waals surface area contributed by atoms with Crippen LogP contribution in [0.1, 0.15) is 39.0 Å². The summed E-state index contributed by atoms with van der Waals surface area (Å²) < 4.78 is 0. The molecule has 1 rings (SSSR count). The number of carbonyl (C=O) groups is 2. The number of H-pyrrole nitrogens is 1. The number of rotatable bonds is 5. The maximum atomic E-state index is 11.2. The number of aliphatic carboxylic acids is 1. The van der Waals surface area contributed by atoms with E-state index in [-0.39, 0.29) is 6.42 Å². The Balaban J connectivity index is 0. The van der Waals surface area contributed by atoms with Crippen molar-refractivity contribution >= 4 is 11.9 Å². The smallest absolute Gasteiger partial charge is 0.329 e. The second-order valence-corrected chi connectivity index (χ2v) is 4.62. The summed E-state index contributed by atoms with van der Waals surface area (Å²) >= 11 is 0. The highest BCUT2D eigenvalue weighted by Crippen LogP contribution is 2.14. The number of carboxylic acids is 1. The van der Waals surface area contributed by atoms with E-state index in [1.165, 1.54) is 6.92 Å². The van der Waals surface area contributed by atoms with Crippen LogP contribution in [0.5, 0.6) is 0 Å². The van der Waals surface area contributed by atoms with Gasteiger partial charge in [-0.2, -0.15) is 0 Å². The SMILES string of the molecule is C=CC.CC.Cc1cc(CC(C)(NC(=O)CO)C(=O)O)c[nH]1. The Hall–Kier alpha value is -2.08. The molecule has 0 spiro atoms. The van der Waals surface area contributed by atoms with Gasteiger partial charge in [-0.3, -0.25) is 4.79 Å². The van der Waals surface area contributed by atoms with Crippen molar-refractivity contribution in [3.63, 3.8) is 0 Å². The van der Waals surface area contributed by atoms with Gasteiger partial charge in [0.25, 0.3) is 0 Å². The average Bonchev–Trinajstić information content (AvgIpc) is 2.86. The van der Waals surface area contributed by atoms with E-state index >= 15 is 0 Å². The van der Waals surface area contributed by atoms with E-state index in [1.54, 1.807) is 12.3 Å². The largest absolute Gasteiger partial charge is 0.480 e. The minimum absolute atomic E-state index is 0.151. The molecule has 0 fully saturated rings. The summed E-state index contributed by atoms with van der Waals surface area (Å²) in [5.74, 6) is -1.85. The fourth-order valence-corrected chi connectivity index (χ4v) is 1.60. The highest BCUT2D eigenvalue weighted by Gasteiger charge is 2.35. The first-order valence-corrected chi connectivity index (χ1v) is 7.15. The predicted molar refractivity (Wildman–Crippen MR) is 87.7 cm³/mol. The van der Waals surface area contributed by atoms with Crippen molar-refractivity contribution in [3.8, 4) is 0 Å². The van der Waals surface area contributed by atoms with E-state index in [4.69, 9.17) is 10.2 Å². The highest BCUT2D eigenvalue weighted by atomic mass is 16.4. The second kappa shape index (κ2) is 11.6. The Morgan fingerprint density at radius 2 is 1.95 bits per heavy atom. The zero-order chi connectivity index (χ0) is 17.8. The van der Waals surface area contributed by atoms with Gasteiger partial charge in [-0.05, 0) is 32.4 Å².